The van der Waals surface area contributed by atoms with Gasteiger partial charge in [-0.15, -0.1) is 11.3 Å². The van der Waals surface area contributed by atoms with E-state index in [0.717, 1.165) is 35.6 Å². The van der Waals surface area contributed by atoms with Crippen LogP contribution in [0.25, 0.3) is 0 Å². The standard InChI is InChI=1S/C13H20N2O2S/c1-3-17-11(16)10-9(2)18-12(15-10)13(14)7-5-4-6-8-13/h3-8,14H2,1-2H3. The highest BCUT2D eigenvalue weighted by Gasteiger charge is 2.34. The molecular weight excluding hydrogens is 248 g/mol. The quantitative estimate of drug-likeness (QED) is 0.856. The largest absolute Gasteiger partial charge is 0.461 e. The second-order valence-electron chi connectivity index (χ2n) is 4.86. The number of ether oxygens (including phenoxy) is 1. The van der Waals surface area contributed by atoms with E-state index in [1.807, 2.05) is 6.92 Å². The number of esters is 1. The van der Waals surface area contributed by atoms with Gasteiger partial charge < -0.3 is 10.5 Å². The molecule has 18 heavy (non-hydrogen) atoms. The van der Waals surface area contributed by atoms with Crippen LogP contribution in [0.5, 0.6) is 0 Å². The van der Waals surface area contributed by atoms with Crippen LogP contribution < -0.4 is 5.73 Å². The van der Waals surface area contributed by atoms with E-state index in [1.54, 1.807) is 6.92 Å². The average molecular weight is 268 g/mol. The fourth-order valence-corrected chi connectivity index (χ4v) is 3.45. The first kappa shape index (κ1) is 13.5. The predicted molar refractivity (Wildman–Crippen MR) is 71.8 cm³/mol. The molecule has 0 aromatic carbocycles. The van der Waals surface area contributed by atoms with Crippen LogP contribution in [0, 0.1) is 6.92 Å². The van der Waals surface area contributed by atoms with Crippen molar-refractivity contribution in [2.75, 3.05) is 6.61 Å². The van der Waals surface area contributed by atoms with Crippen LogP contribution in [0.3, 0.4) is 0 Å². The molecule has 1 aliphatic carbocycles. The lowest BCUT2D eigenvalue weighted by Gasteiger charge is -2.31. The summed E-state index contributed by atoms with van der Waals surface area (Å²) < 4.78 is 5.01. The van der Waals surface area contributed by atoms with Crippen LogP contribution in [-0.4, -0.2) is 17.6 Å². The summed E-state index contributed by atoms with van der Waals surface area (Å²) in [6.07, 6.45) is 5.45. The smallest absolute Gasteiger partial charge is 0.358 e. The van der Waals surface area contributed by atoms with E-state index in [9.17, 15) is 4.79 Å². The van der Waals surface area contributed by atoms with Crippen LogP contribution in [0.4, 0.5) is 0 Å². The minimum atomic E-state index is -0.336. The Labute approximate surface area is 112 Å². The van der Waals surface area contributed by atoms with Crippen molar-refractivity contribution in [2.45, 2.75) is 51.5 Å². The molecule has 0 radical (unpaired) electrons. The number of thiazole rings is 1. The first-order chi connectivity index (χ1) is 8.57. The molecule has 2 N–H and O–H groups in total. The maximum atomic E-state index is 11.7. The molecule has 0 amide bonds. The zero-order chi connectivity index (χ0) is 13.2. The molecule has 0 spiro atoms. The third-order valence-electron chi connectivity index (χ3n) is 3.44. The number of aromatic nitrogens is 1. The predicted octanol–water partition coefficient (Wildman–Crippen LogP) is 2.75. The van der Waals surface area contributed by atoms with Gasteiger partial charge in [0, 0.05) is 4.88 Å². The van der Waals surface area contributed by atoms with Crippen molar-refractivity contribution in [3.8, 4) is 0 Å². The summed E-state index contributed by atoms with van der Waals surface area (Å²) in [4.78, 5) is 17.1. The van der Waals surface area contributed by atoms with Crippen LogP contribution in [0.15, 0.2) is 0 Å². The maximum absolute atomic E-state index is 11.7. The second-order valence-corrected chi connectivity index (χ2v) is 6.06. The third kappa shape index (κ3) is 2.57. The molecule has 0 saturated heterocycles. The Kier molecular flexibility index (Phi) is 4.02. The van der Waals surface area contributed by atoms with Gasteiger partial charge in [0.05, 0.1) is 12.1 Å². The Bertz CT molecular complexity index is 436. The van der Waals surface area contributed by atoms with Gasteiger partial charge >= 0.3 is 5.97 Å². The fourth-order valence-electron chi connectivity index (χ4n) is 2.39. The van der Waals surface area contributed by atoms with Crippen LogP contribution in [0.2, 0.25) is 0 Å². The molecule has 1 saturated carbocycles. The zero-order valence-corrected chi connectivity index (χ0v) is 11.8. The minimum absolute atomic E-state index is 0.335. The number of hydrogen-bond donors (Lipinski definition) is 1. The number of rotatable bonds is 3. The topological polar surface area (TPSA) is 65.2 Å². The van der Waals surface area contributed by atoms with E-state index in [4.69, 9.17) is 10.5 Å². The molecule has 1 aliphatic rings. The molecule has 5 heteroatoms. The van der Waals surface area contributed by atoms with Gasteiger partial charge in [0.25, 0.3) is 0 Å². The Balaban J connectivity index is 2.25. The van der Waals surface area contributed by atoms with E-state index in [-0.39, 0.29) is 11.5 Å². The highest BCUT2D eigenvalue weighted by atomic mass is 32.1. The van der Waals surface area contributed by atoms with E-state index in [0.29, 0.717) is 12.3 Å². The van der Waals surface area contributed by atoms with Gasteiger partial charge in [0.2, 0.25) is 0 Å². The molecule has 2 rings (SSSR count). The molecule has 100 valence electrons. The van der Waals surface area contributed by atoms with Crippen molar-refractivity contribution in [2.24, 2.45) is 5.73 Å². The summed E-state index contributed by atoms with van der Waals surface area (Å²) in [5, 5.41) is 0.891. The van der Waals surface area contributed by atoms with Crippen LogP contribution >= 0.6 is 11.3 Å². The third-order valence-corrected chi connectivity index (χ3v) is 4.63. The normalized spacial score (nSPS) is 18.6. The molecule has 1 aromatic heterocycles. The number of carbonyl (C=O) groups excluding carboxylic acids is 1. The molecule has 0 atom stereocenters. The van der Waals surface area contributed by atoms with Crippen molar-refractivity contribution in [1.82, 2.24) is 4.98 Å². The van der Waals surface area contributed by atoms with Gasteiger partial charge in [-0.05, 0) is 26.7 Å². The monoisotopic (exact) mass is 268 g/mol. The van der Waals surface area contributed by atoms with Crippen molar-refractivity contribution in [1.29, 1.82) is 0 Å². The summed E-state index contributed by atoms with van der Waals surface area (Å²) in [6, 6.07) is 0. The van der Waals surface area contributed by atoms with Gasteiger partial charge in [-0.1, -0.05) is 19.3 Å². The number of nitrogens with zero attached hydrogens (tertiary/aromatic N) is 1. The van der Waals surface area contributed by atoms with E-state index >= 15 is 0 Å². The lowest BCUT2D eigenvalue weighted by molar-refractivity contribution is 0.0519. The van der Waals surface area contributed by atoms with Crippen LogP contribution in [-0.2, 0) is 10.3 Å². The Morgan fingerprint density at radius 2 is 2.11 bits per heavy atom. The summed E-state index contributed by atoms with van der Waals surface area (Å²) in [6.45, 7) is 4.07. The number of hydrogen-bond acceptors (Lipinski definition) is 5. The first-order valence-corrected chi connectivity index (χ1v) is 7.32. The fraction of sp³-hybridized carbons (Fsp3) is 0.692. The molecule has 1 aromatic rings. The molecule has 0 aliphatic heterocycles. The van der Waals surface area contributed by atoms with E-state index in [2.05, 4.69) is 4.98 Å². The molecular formula is C13H20N2O2S. The van der Waals surface area contributed by atoms with Gasteiger partial charge in [0.1, 0.15) is 5.01 Å². The molecule has 0 bridgehead atoms. The van der Waals surface area contributed by atoms with Crippen molar-refractivity contribution < 1.29 is 9.53 Å². The summed E-state index contributed by atoms with van der Waals surface area (Å²) in [5.41, 5.74) is 6.53. The maximum Gasteiger partial charge on any atom is 0.358 e. The number of nitrogens with two attached hydrogens (primary N) is 1. The van der Waals surface area contributed by atoms with Crippen molar-refractivity contribution >= 4 is 17.3 Å². The highest BCUT2D eigenvalue weighted by molar-refractivity contribution is 7.12. The van der Waals surface area contributed by atoms with Gasteiger partial charge in [-0.25, -0.2) is 9.78 Å². The lowest BCUT2D eigenvalue weighted by Crippen LogP contribution is -2.38. The Morgan fingerprint density at radius 3 is 2.72 bits per heavy atom. The van der Waals surface area contributed by atoms with Crippen molar-refractivity contribution in [3.05, 3.63) is 15.6 Å². The van der Waals surface area contributed by atoms with Gasteiger partial charge in [-0.3, -0.25) is 0 Å². The number of carbonyl (C=O) groups is 1. The first-order valence-electron chi connectivity index (χ1n) is 6.51. The van der Waals surface area contributed by atoms with Crippen molar-refractivity contribution in [3.63, 3.8) is 0 Å². The summed E-state index contributed by atoms with van der Waals surface area (Å²) in [7, 11) is 0. The minimum Gasteiger partial charge on any atom is -0.461 e. The summed E-state index contributed by atoms with van der Waals surface area (Å²) in [5.74, 6) is -0.336. The van der Waals surface area contributed by atoms with E-state index < -0.39 is 0 Å². The second kappa shape index (κ2) is 5.36. The molecule has 0 unspecified atom stereocenters. The Morgan fingerprint density at radius 1 is 1.44 bits per heavy atom. The molecule has 4 nitrogen and oxygen atoms in total. The van der Waals surface area contributed by atoms with Crippen LogP contribution in [0.1, 0.15) is 59.4 Å². The SMILES string of the molecule is CCOC(=O)c1nc(C2(N)CCCCC2)sc1C. The average Bonchev–Trinajstić information content (AvgIpc) is 2.73. The van der Waals surface area contributed by atoms with Gasteiger partial charge in [0.15, 0.2) is 5.69 Å². The summed E-state index contributed by atoms with van der Waals surface area (Å²) >= 11 is 1.54. The molecule has 1 fully saturated rings. The highest BCUT2D eigenvalue weighted by Crippen LogP contribution is 2.37. The lowest BCUT2D eigenvalue weighted by atomic mass is 9.83. The zero-order valence-electron chi connectivity index (χ0n) is 11.0. The Hall–Kier alpha value is -0.940. The number of aryl methyl sites for hydroxylation is 1. The van der Waals surface area contributed by atoms with E-state index in [1.165, 1.54) is 17.8 Å². The molecule has 1 heterocycles. The van der Waals surface area contributed by atoms with Gasteiger partial charge in [-0.2, -0.15) is 0 Å².